The number of allylic oxidation sites excluding steroid dienone is 2. The molecule has 200 valence electrons. The van der Waals surface area contributed by atoms with Gasteiger partial charge in [0.25, 0.3) is 0 Å². The van der Waals surface area contributed by atoms with Crippen molar-refractivity contribution in [3.63, 3.8) is 0 Å². The highest BCUT2D eigenvalue weighted by Gasteiger charge is 2.18. The van der Waals surface area contributed by atoms with Crippen LogP contribution < -0.4 is 20.1 Å². The summed E-state index contributed by atoms with van der Waals surface area (Å²) >= 11 is 6.56. The zero-order valence-electron chi connectivity index (χ0n) is 22.1. The Morgan fingerprint density at radius 3 is 2.71 bits per heavy atom. The van der Waals surface area contributed by atoms with Crippen LogP contribution in [0, 0.1) is 4.91 Å². The lowest BCUT2D eigenvalue weighted by Crippen LogP contribution is -2.28. The van der Waals surface area contributed by atoms with E-state index in [0.717, 1.165) is 29.4 Å². The van der Waals surface area contributed by atoms with Crippen LogP contribution >= 0.6 is 11.6 Å². The summed E-state index contributed by atoms with van der Waals surface area (Å²) in [6.45, 7) is 6.62. The third kappa shape index (κ3) is 6.34. The van der Waals surface area contributed by atoms with Gasteiger partial charge in [-0.15, -0.1) is 4.91 Å². The minimum atomic E-state index is 0.00121. The quantitative estimate of drug-likeness (QED) is 0.139. The van der Waals surface area contributed by atoms with Gasteiger partial charge in [-0.05, 0) is 86.7 Å². The van der Waals surface area contributed by atoms with Crippen molar-refractivity contribution < 1.29 is 9.47 Å². The molecule has 2 aromatic carbocycles. The SMILES string of the molecule is CC/C=C(/N=C(\N=O)c1ccc(OCC(NC(C)C)=C2CCC2)c(OC)c1)Nc1ccc2[nH]ncc2c1Cl. The highest BCUT2D eigenvalue weighted by atomic mass is 35.5. The van der Waals surface area contributed by atoms with E-state index in [2.05, 4.69) is 44.8 Å². The number of hydrogen-bond acceptors (Lipinski definition) is 7. The molecule has 0 atom stereocenters. The first-order valence-electron chi connectivity index (χ1n) is 12.7. The molecular formula is C28H33ClN6O3. The largest absolute Gasteiger partial charge is 0.493 e. The monoisotopic (exact) mass is 536 g/mol. The fourth-order valence-corrected chi connectivity index (χ4v) is 4.37. The number of rotatable bonds is 11. The number of nitrogens with one attached hydrogen (secondary N) is 3. The minimum Gasteiger partial charge on any atom is -0.493 e. The molecule has 1 aromatic heterocycles. The zero-order chi connectivity index (χ0) is 27.1. The third-order valence-corrected chi connectivity index (χ3v) is 6.58. The maximum absolute atomic E-state index is 11.9. The fourth-order valence-electron chi connectivity index (χ4n) is 4.11. The van der Waals surface area contributed by atoms with Gasteiger partial charge in [0.2, 0.25) is 5.84 Å². The van der Waals surface area contributed by atoms with Crippen molar-refractivity contribution in [1.29, 1.82) is 0 Å². The van der Waals surface area contributed by atoms with Crippen LogP contribution in [0.1, 0.15) is 52.0 Å². The second-order valence-corrected chi connectivity index (χ2v) is 9.67. The lowest BCUT2D eigenvalue weighted by molar-refractivity contribution is 0.307. The molecule has 0 saturated heterocycles. The van der Waals surface area contributed by atoms with Gasteiger partial charge in [0.15, 0.2) is 11.5 Å². The molecule has 0 bridgehead atoms. The number of amidine groups is 1. The molecular weight excluding hydrogens is 504 g/mol. The van der Waals surface area contributed by atoms with Crippen LogP contribution in [-0.4, -0.2) is 35.8 Å². The normalized spacial score (nSPS) is 13.9. The molecule has 4 rings (SSSR count). The van der Waals surface area contributed by atoms with Crippen LogP contribution in [0.5, 0.6) is 11.5 Å². The first-order valence-corrected chi connectivity index (χ1v) is 13.1. The first-order chi connectivity index (χ1) is 18.4. The highest BCUT2D eigenvalue weighted by Crippen LogP contribution is 2.33. The van der Waals surface area contributed by atoms with E-state index < -0.39 is 0 Å². The van der Waals surface area contributed by atoms with E-state index in [1.54, 1.807) is 31.5 Å². The summed E-state index contributed by atoms with van der Waals surface area (Å²) in [5, 5.41) is 18.1. The zero-order valence-corrected chi connectivity index (χ0v) is 22.9. The topological polar surface area (TPSA) is 113 Å². The fraction of sp³-hybridized carbons (Fsp3) is 0.357. The Labute approximate surface area is 227 Å². The number of ether oxygens (including phenoxy) is 2. The molecule has 1 aliphatic carbocycles. The molecule has 3 aromatic rings. The van der Waals surface area contributed by atoms with Crippen molar-refractivity contribution in [2.75, 3.05) is 19.0 Å². The molecule has 0 aliphatic heterocycles. The molecule has 0 amide bonds. The van der Waals surface area contributed by atoms with Crippen molar-refractivity contribution in [3.8, 4) is 11.5 Å². The lowest BCUT2D eigenvalue weighted by atomic mass is 9.90. The highest BCUT2D eigenvalue weighted by molar-refractivity contribution is 6.38. The second kappa shape index (κ2) is 12.6. The third-order valence-electron chi connectivity index (χ3n) is 6.17. The molecule has 10 heteroatoms. The van der Waals surface area contributed by atoms with Crippen molar-refractivity contribution in [2.45, 2.75) is 52.5 Å². The number of hydrogen-bond donors (Lipinski definition) is 3. The van der Waals surface area contributed by atoms with E-state index in [-0.39, 0.29) is 5.84 Å². The lowest BCUT2D eigenvalue weighted by Gasteiger charge is -2.25. The number of aromatic nitrogens is 2. The summed E-state index contributed by atoms with van der Waals surface area (Å²) in [6, 6.07) is 9.24. The van der Waals surface area contributed by atoms with Gasteiger partial charge in [-0.3, -0.25) is 5.10 Å². The Morgan fingerprint density at radius 2 is 2.05 bits per heavy atom. The molecule has 1 fully saturated rings. The maximum atomic E-state index is 11.9. The summed E-state index contributed by atoms with van der Waals surface area (Å²) < 4.78 is 11.7. The Bertz CT molecular complexity index is 1390. The van der Waals surface area contributed by atoms with E-state index in [9.17, 15) is 4.91 Å². The number of anilines is 1. The van der Waals surface area contributed by atoms with Crippen LogP contribution in [0.3, 0.4) is 0 Å². The average molecular weight is 537 g/mol. The molecule has 3 N–H and O–H groups in total. The van der Waals surface area contributed by atoms with Gasteiger partial charge in [-0.2, -0.15) is 5.10 Å². The summed E-state index contributed by atoms with van der Waals surface area (Å²) in [4.78, 5) is 16.4. The average Bonchev–Trinajstić information content (AvgIpc) is 3.36. The molecule has 0 spiro atoms. The number of methoxy groups -OCH3 is 1. The van der Waals surface area contributed by atoms with E-state index in [1.165, 1.54) is 12.0 Å². The number of fused-ring (bicyclic) bond motifs is 1. The molecule has 1 heterocycles. The standard InChI is InChI=1S/C28H33ClN6O3/c1-5-7-26(32-22-12-11-21-20(27(22)29)15-30-34-21)33-28(35-36)19-10-13-24(25(14-19)37-4)38-16-23(31-17(2)3)18-8-6-9-18/h7,10-15,17,31-32H,5-6,8-9,16H2,1-4H3,(H,30,34)/b26-7+,33-28-. The number of halogens is 1. The summed E-state index contributed by atoms with van der Waals surface area (Å²) in [5.41, 5.74) is 4.50. The summed E-state index contributed by atoms with van der Waals surface area (Å²) in [7, 11) is 1.56. The van der Waals surface area contributed by atoms with Gasteiger partial charge in [-0.25, -0.2) is 4.99 Å². The van der Waals surface area contributed by atoms with Crippen LogP contribution in [-0.2, 0) is 0 Å². The summed E-state index contributed by atoms with van der Waals surface area (Å²) in [6.07, 6.45) is 7.61. The van der Waals surface area contributed by atoms with Crippen molar-refractivity contribution >= 4 is 34.0 Å². The predicted molar refractivity (Wildman–Crippen MR) is 153 cm³/mol. The van der Waals surface area contributed by atoms with Crippen LogP contribution in [0.2, 0.25) is 5.02 Å². The van der Waals surface area contributed by atoms with E-state index in [1.807, 2.05) is 25.1 Å². The van der Waals surface area contributed by atoms with Gasteiger partial charge in [0, 0.05) is 22.7 Å². The van der Waals surface area contributed by atoms with Gasteiger partial charge in [-0.1, -0.05) is 18.5 Å². The Balaban J connectivity index is 1.56. The van der Waals surface area contributed by atoms with Gasteiger partial charge >= 0.3 is 0 Å². The van der Waals surface area contributed by atoms with E-state index in [0.29, 0.717) is 52.7 Å². The number of aliphatic imine (C=N–C) groups is 1. The molecule has 0 unspecified atom stereocenters. The minimum absolute atomic E-state index is 0.00121. The number of aromatic amines is 1. The predicted octanol–water partition coefficient (Wildman–Crippen LogP) is 6.92. The number of H-pyrrole nitrogens is 1. The van der Waals surface area contributed by atoms with Crippen molar-refractivity contribution in [1.82, 2.24) is 15.5 Å². The van der Waals surface area contributed by atoms with E-state index >= 15 is 0 Å². The number of nitrogens with zero attached hydrogens (tertiary/aromatic N) is 3. The smallest absolute Gasteiger partial charge is 0.205 e. The maximum Gasteiger partial charge on any atom is 0.205 e. The first kappa shape index (κ1) is 27.2. The van der Waals surface area contributed by atoms with Gasteiger partial charge in [0.1, 0.15) is 12.4 Å². The Morgan fingerprint density at radius 1 is 1.24 bits per heavy atom. The van der Waals surface area contributed by atoms with Gasteiger partial charge in [0.05, 0.1) is 29.5 Å². The molecule has 1 aliphatic rings. The molecule has 38 heavy (non-hydrogen) atoms. The number of nitroso groups, excluding NO2 is 1. The summed E-state index contributed by atoms with van der Waals surface area (Å²) in [5.74, 6) is 1.51. The Kier molecular flexibility index (Phi) is 9.02. The van der Waals surface area contributed by atoms with Crippen LogP contribution in [0.25, 0.3) is 10.9 Å². The molecule has 0 radical (unpaired) electrons. The van der Waals surface area contributed by atoms with Crippen LogP contribution in [0.4, 0.5) is 5.69 Å². The van der Waals surface area contributed by atoms with Crippen molar-refractivity contribution in [3.05, 3.63) is 75.2 Å². The molecule has 1 saturated carbocycles. The Hall–Kier alpha value is -3.85. The molecule has 9 nitrogen and oxygen atoms in total. The van der Waals surface area contributed by atoms with Gasteiger partial charge < -0.3 is 20.1 Å². The second-order valence-electron chi connectivity index (χ2n) is 9.30. The van der Waals surface area contributed by atoms with Crippen molar-refractivity contribution in [2.24, 2.45) is 10.2 Å². The van der Waals surface area contributed by atoms with E-state index in [4.69, 9.17) is 21.1 Å². The number of benzene rings is 2. The van der Waals surface area contributed by atoms with Crippen LogP contribution in [0.15, 0.2) is 69.9 Å².